The first kappa shape index (κ1) is 28.7. The highest BCUT2D eigenvalue weighted by Crippen LogP contribution is 2.27. The van der Waals surface area contributed by atoms with Crippen molar-refractivity contribution in [1.82, 2.24) is 30.0 Å². The van der Waals surface area contributed by atoms with Crippen LogP contribution in [0.3, 0.4) is 0 Å². The van der Waals surface area contributed by atoms with E-state index in [4.69, 9.17) is 0 Å². The Hall–Kier alpha value is -3.27. The van der Waals surface area contributed by atoms with Crippen LogP contribution in [0.15, 0.2) is 30.5 Å². The molecule has 0 aliphatic carbocycles. The fourth-order valence-corrected chi connectivity index (χ4v) is 5.47. The Balaban J connectivity index is 1.53. The number of amides is 3. The van der Waals surface area contributed by atoms with Crippen molar-refractivity contribution >= 4 is 17.7 Å². The van der Waals surface area contributed by atoms with Gasteiger partial charge in [-0.2, -0.15) is 0 Å². The Morgan fingerprint density at radius 2 is 1.90 bits per heavy atom. The summed E-state index contributed by atoms with van der Waals surface area (Å²) in [6.45, 7) is 8.19. The molecule has 10 heteroatoms. The van der Waals surface area contributed by atoms with Gasteiger partial charge in [-0.15, -0.1) is 0 Å². The Morgan fingerprint density at radius 3 is 2.56 bits per heavy atom. The molecule has 2 aromatic rings. The average molecular weight is 541 g/mol. The summed E-state index contributed by atoms with van der Waals surface area (Å²) in [6, 6.07) is 5.46. The highest BCUT2D eigenvalue weighted by atomic mass is 19.1. The summed E-state index contributed by atoms with van der Waals surface area (Å²) in [7, 11) is 1.69. The SMILES string of the molecule is CNCC(=O)NC(C(=O)N1CCCC1CN(CCc1ccc(F)cc1)C(=O)c1cn2c(n1)CCC2)C(C)(C)C. The summed E-state index contributed by atoms with van der Waals surface area (Å²) in [5.41, 5.74) is 0.871. The van der Waals surface area contributed by atoms with Gasteiger partial charge in [0.05, 0.1) is 6.54 Å². The number of likely N-dealkylation sites (tertiary alicyclic amines) is 1. The van der Waals surface area contributed by atoms with Crippen LogP contribution in [0.25, 0.3) is 0 Å². The highest BCUT2D eigenvalue weighted by molar-refractivity contribution is 5.92. The smallest absolute Gasteiger partial charge is 0.274 e. The second-order valence-corrected chi connectivity index (χ2v) is 11.7. The molecule has 0 spiro atoms. The number of nitrogens with one attached hydrogen (secondary N) is 2. The fourth-order valence-electron chi connectivity index (χ4n) is 5.47. The van der Waals surface area contributed by atoms with E-state index in [-0.39, 0.29) is 36.1 Å². The molecule has 2 unspecified atom stereocenters. The molecule has 1 aromatic heterocycles. The molecule has 1 aromatic carbocycles. The molecule has 39 heavy (non-hydrogen) atoms. The lowest BCUT2D eigenvalue weighted by molar-refractivity contribution is -0.140. The topological polar surface area (TPSA) is 99.6 Å². The van der Waals surface area contributed by atoms with Crippen molar-refractivity contribution in [3.05, 3.63) is 53.4 Å². The van der Waals surface area contributed by atoms with Crippen molar-refractivity contribution in [3.63, 3.8) is 0 Å². The van der Waals surface area contributed by atoms with E-state index in [2.05, 4.69) is 15.6 Å². The van der Waals surface area contributed by atoms with Crippen LogP contribution in [-0.4, -0.2) is 82.4 Å². The van der Waals surface area contributed by atoms with Gasteiger partial charge in [-0.05, 0) is 55.8 Å². The normalized spacial score (nSPS) is 17.7. The maximum absolute atomic E-state index is 13.8. The van der Waals surface area contributed by atoms with Crippen LogP contribution in [-0.2, 0) is 29.0 Å². The molecular formula is C29H41FN6O3. The van der Waals surface area contributed by atoms with Crippen molar-refractivity contribution in [2.45, 2.75) is 71.5 Å². The van der Waals surface area contributed by atoms with Gasteiger partial charge in [0.1, 0.15) is 23.4 Å². The van der Waals surface area contributed by atoms with E-state index in [1.54, 1.807) is 24.1 Å². The third kappa shape index (κ3) is 7.03. The molecule has 0 bridgehead atoms. The maximum Gasteiger partial charge on any atom is 0.274 e. The first-order valence-electron chi connectivity index (χ1n) is 13.9. The fraction of sp³-hybridized carbons (Fsp3) is 0.586. The molecule has 0 saturated carbocycles. The predicted octanol–water partition coefficient (Wildman–Crippen LogP) is 2.39. The number of imidazole rings is 1. The molecule has 3 heterocycles. The standard InChI is InChI=1S/C29H41FN6O3/c1-29(2,3)26(33-25(37)17-31-4)28(39)36-15-5-7-22(36)18-35(16-13-20-9-11-21(30)12-10-20)27(38)23-19-34-14-6-8-24(34)32-23/h9-12,19,22,26,31H,5-8,13-18H2,1-4H3,(H,33,37). The lowest BCUT2D eigenvalue weighted by Gasteiger charge is -2.37. The molecule has 0 radical (unpaired) electrons. The molecule has 1 saturated heterocycles. The Bertz CT molecular complexity index is 1150. The quantitative estimate of drug-likeness (QED) is 0.482. The van der Waals surface area contributed by atoms with Crippen LogP contribution in [0.4, 0.5) is 4.39 Å². The number of halogens is 1. The first-order valence-corrected chi connectivity index (χ1v) is 13.9. The number of aryl methyl sites for hydroxylation is 2. The third-order valence-corrected chi connectivity index (χ3v) is 7.60. The summed E-state index contributed by atoms with van der Waals surface area (Å²) in [4.78, 5) is 48.1. The van der Waals surface area contributed by atoms with Crippen LogP contribution in [0.5, 0.6) is 0 Å². The zero-order chi connectivity index (χ0) is 28.2. The van der Waals surface area contributed by atoms with E-state index < -0.39 is 11.5 Å². The Kier molecular flexibility index (Phi) is 9.04. The molecule has 2 aliphatic rings. The lowest BCUT2D eigenvalue weighted by atomic mass is 9.85. The van der Waals surface area contributed by atoms with Gasteiger partial charge in [0.25, 0.3) is 5.91 Å². The predicted molar refractivity (Wildman–Crippen MR) is 147 cm³/mol. The Labute approximate surface area is 230 Å². The molecule has 212 valence electrons. The van der Waals surface area contributed by atoms with E-state index in [1.807, 2.05) is 36.4 Å². The van der Waals surface area contributed by atoms with Crippen LogP contribution >= 0.6 is 0 Å². The molecular weight excluding hydrogens is 499 g/mol. The number of nitrogens with zero attached hydrogens (tertiary/aromatic N) is 4. The average Bonchev–Trinajstić information content (AvgIpc) is 3.61. The van der Waals surface area contributed by atoms with Gasteiger partial charge in [0, 0.05) is 44.8 Å². The van der Waals surface area contributed by atoms with E-state index >= 15 is 0 Å². The minimum Gasteiger partial charge on any atom is -0.343 e. The Morgan fingerprint density at radius 1 is 1.15 bits per heavy atom. The van der Waals surface area contributed by atoms with E-state index in [0.29, 0.717) is 31.7 Å². The van der Waals surface area contributed by atoms with Gasteiger partial charge in [-0.25, -0.2) is 9.37 Å². The van der Waals surface area contributed by atoms with E-state index in [0.717, 1.165) is 43.6 Å². The van der Waals surface area contributed by atoms with Gasteiger partial charge in [0.2, 0.25) is 11.8 Å². The number of benzene rings is 1. The summed E-state index contributed by atoms with van der Waals surface area (Å²) < 4.78 is 15.5. The number of carbonyl (C=O) groups excluding carboxylic acids is 3. The second-order valence-electron chi connectivity index (χ2n) is 11.7. The zero-order valence-electron chi connectivity index (χ0n) is 23.5. The van der Waals surface area contributed by atoms with Crippen LogP contribution in [0.2, 0.25) is 0 Å². The molecule has 2 aliphatic heterocycles. The molecule has 1 fully saturated rings. The molecule has 9 nitrogen and oxygen atoms in total. The first-order chi connectivity index (χ1) is 18.6. The van der Waals surface area contributed by atoms with Gasteiger partial charge in [0.15, 0.2) is 0 Å². The van der Waals surface area contributed by atoms with Crippen molar-refractivity contribution < 1.29 is 18.8 Å². The number of carbonyl (C=O) groups is 3. The minimum absolute atomic E-state index is 0.124. The van der Waals surface area contributed by atoms with Crippen molar-refractivity contribution in [2.75, 3.05) is 33.2 Å². The molecule has 4 rings (SSSR count). The highest BCUT2D eigenvalue weighted by Gasteiger charge is 2.40. The summed E-state index contributed by atoms with van der Waals surface area (Å²) in [5.74, 6) is 0.120. The maximum atomic E-state index is 13.8. The summed E-state index contributed by atoms with van der Waals surface area (Å²) >= 11 is 0. The van der Waals surface area contributed by atoms with Gasteiger partial charge in [-0.3, -0.25) is 14.4 Å². The number of hydrogen-bond acceptors (Lipinski definition) is 5. The van der Waals surface area contributed by atoms with Crippen LogP contribution < -0.4 is 10.6 Å². The van der Waals surface area contributed by atoms with Gasteiger partial charge < -0.3 is 25.0 Å². The largest absolute Gasteiger partial charge is 0.343 e. The summed E-state index contributed by atoms with van der Waals surface area (Å²) in [6.07, 6.45) is 5.89. The number of fused-ring (bicyclic) bond motifs is 1. The third-order valence-electron chi connectivity index (χ3n) is 7.60. The lowest BCUT2D eigenvalue weighted by Crippen LogP contribution is -2.58. The zero-order valence-corrected chi connectivity index (χ0v) is 23.5. The van der Waals surface area contributed by atoms with E-state index in [9.17, 15) is 18.8 Å². The number of hydrogen-bond donors (Lipinski definition) is 2. The van der Waals surface area contributed by atoms with Crippen LogP contribution in [0.1, 0.15) is 61.9 Å². The number of rotatable bonds is 10. The number of likely N-dealkylation sites (N-methyl/N-ethyl adjacent to an activating group) is 1. The van der Waals surface area contributed by atoms with Crippen molar-refractivity contribution in [1.29, 1.82) is 0 Å². The number of aromatic nitrogens is 2. The summed E-state index contributed by atoms with van der Waals surface area (Å²) in [5, 5.41) is 5.74. The van der Waals surface area contributed by atoms with Crippen molar-refractivity contribution in [2.24, 2.45) is 5.41 Å². The van der Waals surface area contributed by atoms with E-state index in [1.165, 1.54) is 12.1 Å². The van der Waals surface area contributed by atoms with Crippen LogP contribution in [0, 0.1) is 11.2 Å². The molecule has 3 amide bonds. The monoisotopic (exact) mass is 540 g/mol. The minimum atomic E-state index is -0.682. The van der Waals surface area contributed by atoms with Crippen molar-refractivity contribution in [3.8, 4) is 0 Å². The van der Waals surface area contributed by atoms with Gasteiger partial charge in [-0.1, -0.05) is 32.9 Å². The molecule has 2 N–H and O–H groups in total. The second kappa shape index (κ2) is 12.3. The van der Waals surface area contributed by atoms with Gasteiger partial charge >= 0.3 is 0 Å². The molecule has 2 atom stereocenters.